The van der Waals surface area contributed by atoms with Crippen molar-refractivity contribution in [2.45, 2.75) is 37.5 Å². The van der Waals surface area contributed by atoms with Crippen LogP contribution in [0.2, 0.25) is 0 Å². The van der Waals surface area contributed by atoms with E-state index in [1.807, 2.05) is 0 Å². The van der Waals surface area contributed by atoms with E-state index in [1.54, 1.807) is 0 Å². The van der Waals surface area contributed by atoms with Gasteiger partial charge in [-0.2, -0.15) is 0 Å². The summed E-state index contributed by atoms with van der Waals surface area (Å²) in [6, 6.07) is 1.17. The molecular formula is C11H16BrNO4S2. The SMILES string of the molecule is CCCCCCNS(=O)(=O)c1cc(C(=O)O)sc1Br. The van der Waals surface area contributed by atoms with E-state index < -0.39 is 16.0 Å². The standard InChI is InChI=1S/C11H16BrNO4S2/c1-2-3-4-5-6-13-19(16,17)9-7-8(11(14)15)18-10(9)12/h7,13H,2-6H2,1H3,(H,14,15). The molecule has 0 aliphatic rings. The Morgan fingerprint density at radius 2 is 2.11 bits per heavy atom. The van der Waals surface area contributed by atoms with Gasteiger partial charge in [0.1, 0.15) is 9.77 Å². The Kier molecular flexibility index (Phi) is 6.45. The van der Waals surface area contributed by atoms with Crippen LogP contribution in [0.3, 0.4) is 0 Å². The summed E-state index contributed by atoms with van der Waals surface area (Å²) in [4.78, 5) is 10.8. The summed E-state index contributed by atoms with van der Waals surface area (Å²) in [5.74, 6) is -1.13. The Balaban J connectivity index is 2.69. The van der Waals surface area contributed by atoms with E-state index in [0.717, 1.165) is 37.0 Å². The molecule has 0 amide bonds. The zero-order chi connectivity index (χ0) is 14.5. The summed E-state index contributed by atoms with van der Waals surface area (Å²) in [6.07, 6.45) is 3.92. The van der Waals surface area contributed by atoms with E-state index in [4.69, 9.17) is 5.11 Å². The normalized spacial score (nSPS) is 11.7. The largest absolute Gasteiger partial charge is 0.477 e. The maximum Gasteiger partial charge on any atom is 0.345 e. The van der Waals surface area contributed by atoms with Crippen LogP contribution in [0.15, 0.2) is 14.7 Å². The van der Waals surface area contributed by atoms with Crippen LogP contribution in [0, 0.1) is 0 Å². The third-order valence-electron chi connectivity index (χ3n) is 2.48. The van der Waals surface area contributed by atoms with Crippen molar-refractivity contribution in [1.82, 2.24) is 4.72 Å². The molecule has 0 fully saturated rings. The van der Waals surface area contributed by atoms with E-state index in [-0.39, 0.29) is 9.77 Å². The molecule has 2 N–H and O–H groups in total. The summed E-state index contributed by atoms with van der Waals surface area (Å²) < 4.78 is 26.8. The predicted octanol–water partition coefficient (Wildman–Crippen LogP) is 3.07. The van der Waals surface area contributed by atoms with Gasteiger partial charge in [0.05, 0.1) is 3.79 Å². The number of halogens is 1. The molecule has 0 aliphatic heterocycles. The first-order chi connectivity index (χ1) is 8.88. The molecule has 1 aromatic rings. The maximum absolute atomic E-state index is 12.0. The lowest BCUT2D eigenvalue weighted by molar-refractivity contribution is 0.0702. The van der Waals surface area contributed by atoms with Crippen LogP contribution in [-0.4, -0.2) is 26.0 Å². The Morgan fingerprint density at radius 3 is 2.63 bits per heavy atom. The second kappa shape index (κ2) is 7.37. The number of carboxylic acid groups (broad SMARTS) is 1. The van der Waals surface area contributed by atoms with Gasteiger partial charge < -0.3 is 5.11 Å². The lowest BCUT2D eigenvalue weighted by Gasteiger charge is -2.05. The highest BCUT2D eigenvalue weighted by Crippen LogP contribution is 2.31. The Hall–Kier alpha value is -0.440. The highest BCUT2D eigenvalue weighted by Gasteiger charge is 2.22. The van der Waals surface area contributed by atoms with Gasteiger partial charge in [0, 0.05) is 6.54 Å². The molecule has 0 bridgehead atoms. The van der Waals surface area contributed by atoms with Gasteiger partial charge in [-0.05, 0) is 28.4 Å². The summed E-state index contributed by atoms with van der Waals surface area (Å²) in [6.45, 7) is 2.45. The number of thiophene rings is 1. The molecule has 0 radical (unpaired) electrons. The molecule has 1 rings (SSSR count). The molecule has 8 heteroatoms. The van der Waals surface area contributed by atoms with Crippen LogP contribution < -0.4 is 4.72 Å². The topological polar surface area (TPSA) is 83.5 Å². The molecule has 1 aromatic heterocycles. The number of rotatable bonds is 8. The van der Waals surface area contributed by atoms with E-state index >= 15 is 0 Å². The third kappa shape index (κ3) is 4.87. The minimum Gasteiger partial charge on any atom is -0.477 e. The summed E-state index contributed by atoms with van der Waals surface area (Å²) in [5.41, 5.74) is 0. The van der Waals surface area contributed by atoms with Crippen molar-refractivity contribution in [3.8, 4) is 0 Å². The number of carboxylic acids is 1. The molecule has 0 atom stereocenters. The average Bonchev–Trinajstić information content (AvgIpc) is 2.72. The van der Waals surface area contributed by atoms with Gasteiger partial charge in [-0.25, -0.2) is 17.9 Å². The first-order valence-corrected chi connectivity index (χ1v) is 9.00. The van der Waals surface area contributed by atoms with Crippen LogP contribution in [-0.2, 0) is 10.0 Å². The second-order valence-electron chi connectivity index (χ2n) is 4.01. The highest BCUT2D eigenvalue weighted by molar-refractivity contribution is 9.11. The maximum atomic E-state index is 12.0. The fourth-order valence-corrected chi connectivity index (χ4v) is 4.95. The number of hydrogen-bond acceptors (Lipinski definition) is 4. The number of aromatic carboxylic acids is 1. The van der Waals surface area contributed by atoms with Crippen LogP contribution in [0.4, 0.5) is 0 Å². The quantitative estimate of drug-likeness (QED) is 0.689. The minimum absolute atomic E-state index is 0.00164. The van der Waals surface area contributed by atoms with Crippen molar-refractivity contribution < 1.29 is 18.3 Å². The fraction of sp³-hybridized carbons (Fsp3) is 0.545. The molecule has 108 valence electrons. The number of carbonyl (C=O) groups is 1. The smallest absolute Gasteiger partial charge is 0.345 e. The number of sulfonamides is 1. The monoisotopic (exact) mass is 369 g/mol. The van der Waals surface area contributed by atoms with Crippen molar-refractivity contribution in [1.29, 1.82) is 0 Å². The van der Waals surface area contributed by atoms with Crippen molar-refractivity contribution in [2.75, 3.05) is 6.54 Å². The van der Waals surface area contributed by atoms with Gasteiger partial charge in [0.25, 0.3) is 0 Å². The molecule has 0 unspecified atom stereocenters. The van der Waals surface area contributed by atoms with Gasteiger partial charge in [-0.3, -0.25) is 0 Å². The zero-order valence-electron chi connectivity index (χ0n) is 10.5. The Morgan fingerprint density at radius 1 is 1.42 bits per heavy atom. The first kappa shape index (κ1) is 16.6. The number of hydrogen-bond donors (Lipinski definition) is 2. The summed E-state index contributed by atoms with van der Waals surface area (Å²) >= 11 is 3.99. The lowest BCUT2D eigenvalue weighted by Crippen LogP contribution is -2.24. The van der Waals surface area contributed by atoms with Crippen LogP contribution in [0.25, 0.3) is 0 Å². The van der Waals surface area contributed by atoms with E-state index in [1.165, 1.54) is 6.07 Å². The van der Waals surface area contributed by atoms with Crippen LogP contribution >= 0.6 is 27.3 Å². The molecule has 0 spiro atoms. The fourth-order valence-electron chi connectivity index (χ4n) is 1.48. The average molecular weight is 370 g/mol. The van der Waals surface area contributed by atoms with Crippen molar-refractivity contribution in [3.63, 3.8) is 0 Å². The zero-order valence-corrected chi connectivity index (χ0v) is 13.7. The van der Waals surface area contributed by atoms with E-state index in [9.17, 15) is 13.2 Å². The first-order valence-electron chi connectivity index (χ1n) is 5.90. The third-order valence-corrected chi connectivity index (χ3v) is 6.18. The highest BCUT2D eigenvalue weighted by atomic mass is 79.9. The minimum atomic E-state index is -3.64. The van der Waals surface area contributed by atoms with Crippen LogP contribution in [0.5, 0.6) is 0 Å². The molecule has 1 heterocycles. The Bertz CT molecular complexity index is 539. The van der Waals surface area contributed by atoms with Crippen molar-refractivity contribution >= 4 is 43.3 Å². The molecule has 0 saturated heterocycles. The lowest BCUT2D eigenvalue weighted by atomic mass is 10.2. The van der Waals surface area contributed by atoms with E-state index in [0.29, 0.717) is 10.3 Å². The molecule has 0 saturated carbocycles. The van der Waals surface area contributed by atoms with Gasteiger partial charge in [0.2, 0.25) is 10.0 Å². The summed E-state index contributed by atoms with van der Waals surface area (Å²) in [7, 11) is -3.64. The molecule has 0 aliphatic carbocycles. The molecule has 0 aromatic carbocycles. The summed E-state index contributed by atoms with van der Waals surface area (Å²) in [5, 5.41) is 8.84. The number of unbranched alkanes of at least 4 members (excludes halogenated alkanes) is 3. The van der Waals surface area contributed by atoms with Crippen LogP contribution in [0.1, 0.15) is 42.3 Å². The predicted molar refractivity (Wildman–Crippen MR) is 78.3 cm³/mol. The van der Waals surface area contributed by atoms with Gasteiger partial charge in [-0.1, -0.05) is 26.2 Å². The number of nitrogens with one attached hydrogen (secondary N) is 1. The van der Waals surface area contributed by atoms with Gasteiger partial charge in [0.15, 0.2) is 0 Å². The molecule has 5 nitrogen and oxygen atoms in total. The molecule has 19 heavy (non-hydrogen) atoms. The Labute approximate surface area is 125 Å². The van der Waals surface area contributed by atoms with Gasteiger partial charge in [-0.15, -0.1) is 11.3 Å². The second-order valence-corrected chi connectivity index (χ2v) is 8.12. The van der Waals surface area contributed by atoms with Crippen molar-refractivity contribution in [3.05, 3.63) is 14.7 Å². The van der Waals surface area contributed by atoms with Gasteiger partial charge >= 0.3 is 5.97 Å². The van der Waals surface area contributed by atoms with Crippen molar-refractivity contribution in [2.24, 2.45) is 0 Å². The molecular weight excluding hydrogens is 354 g/mol. The van der Waals surface area contributed by atoms with E-state index in [2.05, 4.69) is 27.6 Å².